The third kappa shape index (κ3) is 3.50. The first kappa shape index (κ1) is 13.9. The first-order chi connectivity index (χ1) is 9.01. The molecule has 0 radical (unpaired) electrons. The Morgan fingerprint density at radius 2 is 2.16 bits per heavy atom. The van der Waals surface area contributed by atoms with Gasteiger partial charge in [0, 0.05) is 19.2 Å². The Labute approximate surface area is 112 Å². The van der Waals surface area contributed by atoms with Crippen molar-refractivity contribution in [3.63, 3.8) is 0 Å². The van der Waals surface area contributed by atoms with Crippen LogP contribution in [0.1, 0.15) is 12.8 Å². The van der Waals surface area contributed by atoms with Gasteiger partial charge in [-0.05, 0) is 25.0 Å². The molecule has 102 valence electrons. The molecule has 1 fully saturated rings. The van der Waals surface area contributed by atoms with Crippen molar-refractivity contribution in [2.45, 2.75) is 23.8 Å². The fraction of sp³-hybridized carbons (Fsp3) is 0.417. The van der Waals surface area contributed by atoms with Crippen LogP contribution in [-0.4, -0.2) is 28.6 Å². The summed E-state index contributed by atoms with van der Waals surface area (Å²) in [5.74, 6) is -0.581. The van der Waals surface area contributed by atoms with Crippen LogP contribution in [0.15, 0.2) is 29.2 Å². The van der Waals surface area contributed by atoms with E-state index in [9.17, 15) is 13.2 Å². The van der Waals surface area contributed by atoms with Crippen molar-refractivity contribution in [1.29, 1.82) is 5.26 Å². The minimum Gasteiger partial charge on any atom is -0.593 e. The van der Waals surface area contributed by atoms with Crippen LogP contribution in [0, 0.1) is 17.3 Å². The van der Waals surface area contributed by atoms with E-state index in [0.29, 0.717) is 25.9 Å². The van der Waals surface area contributed by atoms with Crippen LogP contribution in [-0.2, 0) is 14.6 Å². The van der Waals surface area contributed by atoms with E-state index >= 15 is 0 Å². The van der Waals surface area contributed by atoms with Gasteiger partial charge < -0.3 is 9.45 Å². The number of nitrogens with zero attached hydrogens (tertiary/aromatic N) is 2. The number of nitrogens with one attached hydrogen (secondary N) is 1. The largest absolute Gasteiger partial charge is 0.593 e. The molecule has 1 aliphatic rings. The third-order valence-corrected chi connectivity index (χ3v) is 4.58. The highest BCUT2D eigenvalue weighted by atomic mass is 32.3. The van der Waals surface area contributed by atoms with E-state index in [2.05, 4.69) is 4.72 Å². The molecule has 19 heavy (non-hydrogen) atoms. The van der Waals surface area contributed by atoms with Gasteiger partial charge in [-0.2, -0.15) is 5.26 Å². The average molecular weight is 283 g/mol. The molecule has 0 spiro atoms. The van der Waals surface area contributed by atoms with Crippen LogP contribution in [0.4, 0.5) is 4.39 Å². The lowest BCUT2D eigenvalue weighted by atomic mass is 10.1. The summed E-state index contributed by atoms with van der Waals surface area (Å²) < 4.78 is 39.7. The van der Waals surface area contributed by atoms with Gasteiger partial charge in [0.1, 0.15) is 5.82 Å². The van der Waals surface area contributed by atoms with E-state index in [1.165, 1.54) is 18.2 Å². The first-order valence-corrected chi connectivity index (χ1v) is 7.42. The molecular weight excluding hydrogens is 269 g/mol. The summed E-state index contributed by atoms with van der Waals surface area (Å²) in [6, 6.07) is 4.70. The summed E-state index contributed by atoms with van der Waals surface area (Å²) in [7, 11) is -3.70. The Bertz CT molecular complexity index is 538. The molecular formula is C12H14FN3O2S. The van der Waals surface area contributed by atoms with Crippen molar-refractivity contribution in [2.24, 2.45) is 0 Å². The number of hydrogen-bond donors (Lipinski definition) is 1. The molecule has 1 unspecified atom stereocenters. The molecule has 0 saturated carbocycles. The molecule has 1 aromatic carbocycles. The van der Waals surface area contributed by atoms with Gasteiger partial charge in [0.2, 0.25) is 0 Å². The molecule has 1 saturated heterocycles. The number of benzene rings is 1. The zero-order valence-corrected chi connectivity index (χ0v) is 11.0. The van der Waals surface area contributed by atoms with E-state index in [-0.39, 0.29) is 10.9 Å². The molecule has 0 aliphatic carbocycles. The van der Waals surface area contributed by atoms with E-state index in [0.717, 1.165) is 6.07 Å². The monoisotopic (exact) mass is 283 g/mol. The highest BCUT2D eigenvalue weighted by Crippen LogP contribution is 2.18. The average Bonchev–Trinajstić information content (AvgIpc) is 2.39. The number of halogens is 1. The minimum absolute atomic E-state index is 0.0739. The maximum atomic E-state index is 13.0. The van der Waals surface area contributed by atoms with Crippen molar-refractivity contribution < 1.29 is 13.2 Å². The van der Waals surface area contributed by atoms with Gasteiger partial charge in [-0.3, -0.25) is 0 Å². The third-order valence-electron chi connectivity index (χ3n) is 3.06. The summed E-state index contributed by atoms with van der Waals surface area (Å²) in [5.41, 5.74) is 0. The summed E-state index contributed by atoms with van der Waals surface area (Å²) in [6.07, 6.45) is 3.18. The molecule has 2 rings (SSSR count). The lowest BCUT2D eigenvalue weighted by Gasteiger charge is -2.29. The normalized spacial score (nSPS) is 19.7. The van der Waals surface area contributed by atoms with Crippen LogP contribution in [0.2, 0.25) is 0 Å². The van der Waals surface area contributed by atoms with E-state index in [4.69, 9.17) is 5.26 Å². The van der Waals surface area contributed by atoms with Gasteiger partial charge in [0.25, 0.3) is 0 Å². The standard InChI is InChI=1S/C12H14FN3O2S/c13-10-2-1-3-12(8-10)19(17,18)15-11-4-6-16(9-14)7-5-11/h1-3,8,11H,4-7H2,(H-,15,17,18). The Hall–Kier alpha value is -1.49. The number of piperidine rings is 1. The lowest BCUT2D eigenvalue weighted by Crippen LogP contribution is -2.45. The molecule has 1 aliphatic heterocycles. The molecule has 1 N–H and O–H groups in total. The predicted octanol–water partition coefficient (Wildman–Crippen LogP) is 1.26. The Balaban J connectivity index is 2.02. The number of likely N-dealkylation sites (tertiary alicyclic amines) is 1. The van der Waals surface area contributed by atoms with Crippen molar-refractivity contribution in [3.8, 4) is 6.19 Å². The fourth-order valence-electron chi connectivity index (χ4n) is 2.02. The van der Waals surface area contributed by atoms with Crippen molar-refractivity contribution >= 4 is 10.4 Å². The van der Waals surface area contributed by atoms with Crippen LogP contribution >= 0.6 is 0 Å². The number of sulfonamides is 1. The molecule has 0 aromatic heterocycles. The van der Waals surface area contributed by atoms with Gasteiger partial charge in [-0.15, -0.1) is 4.72 Å². The number of rotatable bonds is 3. The van der Waals surface area contributed by atoms with Gasteiger partial charge in [0.05, 0.1) is 6.04 Å². The van der Waals surface area contributed by atoms with E-state index in [1.807, 2.05) is 6.19 Å². The maximum absolute atomic E-state index is 13.0. The van der Waals surface area contributed by atoms with Crippen LogP contribution in [0.3, 0.4) is 0 Å². The van der Waals surface area contributed by atoms with Gasteiger partial charge >= 0.3 is 0 Å². The second kappa shape index (κ2) is 5.65. The molecule has 0 amide bonds. The Kier molecular flexibility index (Phi) is 4.14. The van der Waals surface area contributed by atoms with Gasteiger partial charge in [-0.1, -0.05) is 10.3 Å². The smallest absolute Gasteiger partial charge is 0.179 e. The second-order valence-corrected chi connectivity index (χ2v) is 6.15. The van der Waals surface area contributed by atoms with Crippen LogP contribution in [0.5, 0.6) is 0 Å². The molecule has 0 bridgehead atoms. The lowest BCUT2D eigenvalue weighted by molar-refractivity contribution is 0.282. The summed E-state index contributed by atoms with van der Waals surface area (Å²) in [5, 5.41) is 8.71. The number of nitriles is 1. The maximum Gasteiger partial charge on any atom is 0.179 e. The fourth-order valence-corrected chi connectivity index (χ4v) is 3.36. The van der Waals surface area contributed by atoms with E-state index < -0.39 is 16.2 Å². The molecule has 1 atom stereocenters. The quantitative estimate of drug-likeness (QED) is 0.669. The minimum atomic E-state index is -3.70. The summed E-state index contributed by atoms with van der Waals surface area (Å²) >= 11 is 0. The predicted molar refractivity (Wildman–Crippen MR) is 66.8 cm³/mol. The molecule has 1 heterocycles. The SMILES string of the molecule is N#CN1CCC(N[S+](=O)([O-])c2cccc(F)c2)CC1. The summed E-state index contributed by atoms with van der Waals surface area (Å²) in [4.78, 5) is 1.52. The number of hydrogen-bond acceptors (Lipinski definition) is 4. The second-order valence-electron chi connectivity index (χ2n) is 4.44. The zero-order chi connectivity index (χ0) is 13.9. The van der Waals surface area contributed by atoms with E-state index in [1.54, 1.807) is 4.90 Å². The topological polar surface area (TPSA) is 79.2 Å². The molecule has 1 aromatic rings. The van der Waals surface area contributed by atoms with Gasteiger partial charge in [-0.25, -0.2) is 4.39 Å². The highest BCUT2D eigenvalue weighted by Gasteiger charge is 2.28. The first-order valence-electron chi connectivity index (χ1n) is 5.94. The van der Waals surface area contributed by atoms with Crippen LogP contribution < -0.4 is 4.72 Å². The van der Waals surface area contributed by atoms with Crippen LogP contribution in [0.25, 0.3) is 0 Å². The zero-order valence-electron chi connectivity index (χ0n) is 10.2. The van der Waals surface area contributed by atoms with Crippen molar-refractivity contribution in [2.75, 3.05) is 13.1 Å². The highest BCUT2D eigenvalue weighted by molar-refractivity contribution is 7.95. The van der Waals surface area contributed by atoms with Crippen molar-refractivity contribution in [3.05, 3.63) is 30.1 Å². The Morgan fingerprint density at radius 3 is 2.74 bits per heavy atom. The molecule has 5 nitrogen and oxygen atoms in total. The van der Waals surface area contributed by atoms with Gasteiger partial charge in [0.15, 0.2) is 21.5 Å². The van der Waals surface area contributed by atoms with Crippen molar-refractivity contribution in [1.82, 2.24) is 9.62 Å². The summed E-state index contributed by atoms with van der Waals surface area (Å²) in [6.45, 7) is 1.07. The Morgan fingerprint density at radius 1 is 1.47 bits per heavy atom. The molecule has 7 heteroatoms.